The van der Waals surface area contributed by atoms with Gasteiger partial charge in [-0.2, -0.15) is 0 Å². The molecule has 1 atom stereocenters. The van der Waals surface area contributed by atoms with Crippen LogP contribution in [0, 0.1) is 6.92 Å². The van der Waals surface area contributed by atoms with Gasteiger partial charge in [0.25, 0.3) is 0 Å². The largest absolute Gasteiger partial charge is 0.378 e. The molecule has 5 heteroatoms. The van der Waals surface area contributed by atoms with Crippen LogP contribution < -0.4 is 5.32 Å². The maximum Gasteiger partial charge on any atom is 0.0985 e. The number of aromatic nitrogens is 1. The van der Waals surface area contributed by atoms with E-state index in [2.05, 4.69) is 55.9 Å². The molecule has 0 amide bonds. The molecule has 0 aliphatic carbocycles. The van der Waals surface area contributed by atoms with Crippen molar-refractivity contribution in [2.24, 2.45) is 0 Å². The zero-order valence-electron chi connectivity index (χ0n) is 12.9. The van der Waals surface area contributed by atoms with Gasteiger partial charge in [0, 0.05) is 20.5 Å². The molecule has 2 nitrogen and oxygen atoms in total. The van der Waals surface area contributed by atoms with E-state index < -0.39 is 0 Å². The predicted octanol–water partition coefficient (Wildman–Crippen LogP) is 6.34. The fourth-order valence-corrected chi connectivity index (χ4v) is 3.59. The van der Waals surface area contributed by atoms with Gasteiger partial charge in [0.15, 0.2) is 0 Å². The summed E-state index contributed by atoms with van der Waals surface area (Å²) in [5.74, 6) is 0. The molecule has 1 heterocycles. The van der Waals surface area contributed by atoms with Gasteiger partial charge in [-0.3, -0.25) is 0 Å². The lowest BCUT2D eigenvalue weighted by atomic mass is 9.98. The molecule has 0 bridgehead atoms. The van der Waals surface area contributed by atoms with Gasteiger partial charge in [-0.05, 0) is 48.0 Å². The molecule has 0 spiro atoms. The lowest BCUT2D eigenvalue weighted by Crippen LogP contribution is -2.10. The Kier molecular flexibility index (Phi) is 5.01. The lowest BCUT2D eigenvalue weighted by molar-refractivity contribution is 0.584. The second-order valence-corrected chi connectivity index (χ2v) is 8.51. The van der Waals surface area contributed by atoms with E-state index in [1.165, 1.54) is 9.88 Å². The summed E-state index contributed by atoms with van der Waals surface area (Å²) in [6.45, 7) is 10.8. The predicted molar refractivity (Wildman–Crippen MR) is 96.7 cm³/mol. The van der Waals surface area contributed by atoms with Gasteiger partial charge in [-0.1, -0.05) is 32.4 Å². The van der Waals surface area contributed by atoms with Crippen molar-refractivity contribution in [3.05, 3.63) is 43.3 Å². The second-order valence-electron chi connectivity index (χ2n) is 6.21. The molecule has 1 N–H and O–H groups in total. The van der Waals surface area contributed by atoms with E-state index in [0.29, 0.717) is 5.02 Å². The third kappa shape index (κ3) is 3.99. The van der Waals surface area contributed by atoms with Crippen LogP contribution in [0.4, 0.5) is 5.69 Å². The Hall–Kier alpha value is -0.580. The number of hydrogen-bond donors (Lipinski definition) is 1. The zero-order valence-corrected chi connectivity index (χ0v) is 16.1. The summed E-state index contributed by atoms with van der Waals surface area (Å²) >= 11 is 11.3. The minimum atomic E-state index is 0.0916. The summed E-state index contributed by atoms with van der Waals surface area (Å²) in [4.78, 5) is 6.00. The molecule has 0 fully saturated rings. The first-order valence-corrected chi connectivity index (χ1v) is 8.86. The molecule has 0 radical (unpaired) electrons. The van der Waals surface area contributed by atoms with Gasteiger partial charge in [0.2, 0.25) is 0 Å². The first-order chi connectivity index (χ1) is 9.68. The van der Waals surface area contributed by atoms with E-state index in [1.807, 2.05) is 18.2 Å². The number of nitrogens with zero attached hydrogens (tertiary/aromatic N) is 1. The highest BCUT2D eigenvalue weighted by atomic mass is 79.9. The van der Waals surface area contributed by atoms with E-state index in [0.717, 1.165) is 15.9 Å². The summed E-state index contributed by atoms with van der Waals surface area (Å²) in [5, 5.41) is 5.39. The molecular formula is C16H20BrClN2S. The third-order valence-electron chi connectivity index (χ3n) is 3.17. The average molecular weight is 388 g/mol. The number of thiazole rings is 1. The zero-order chi connectivity index (χ0) is 15.8. The van der Waals surface area contributed by atoms with E-state index in [9.17, 15) is 0 Å². The molecule has 0 saturated heterocycles. The molecule has 1 unspecified atom stereocenters. The number of rotatable bonds is 3. The third-order valence-corrected chi connectivity index (χ3v) is 6.17. The fraction of sp³-hybridized carbons (Fsp3) is 0.438. The molecule has 2 rings (SSSR count). The Balaban J connectivity index is 2.22. The number of benzene rings is 1. The summed E-state index contributed by atoms with van der Waals surface area (Å²) < 4.78 is 0.909. The Morgan fingerprint density at radius 1 is 1.33 bits per heavy atom. The van der Waals surface area contributed by atoms with Gasteiger partial charge in [0.05, 0.1) is 21.8 Å². The van der Waals surface area contributed by atoms with Crippen molar-refractivity contribution in [1.82, 2.24) is 4.98 Å². The maximum atomic E-state index is 6.14. The molecule has 0 aliphatic heterocycles. The van der Waals surface area contributed by atoms with E-state index in [4.69, 9.17) is 16.6 Å². The van der Waals surface area contributed by atoms with Crippen LogP contribution in [0.3, 0.4) is 0 Å². The minimum absolute atomic E-state index is 0.0916. The Labute approximate surface area is 144 Å². The topological polar surface area (TPSA) is 24.9 Å². The molecule has 114 valence electrons. The van der Waals surface area contributed by atoms with Crippen molar-refractivity contribution in [1.29, 1.82) is 0 Å². The van der Waals surface area contributed by atoms with Gasteiger partial charge < -0.3 is 5.32 Å². The molecule has 0 aliphatic rings. The highest BCUT2D eigenvalue weighted by molar-refractivity contribution is 9.10. The summed E-state index contributed by atoms with van der Waals surface area (Å²) in [5.41, 5.74) is 2.21. The van der Waals surface area contributed by atoms with Crippen molar-refractivity contribution in [2.45, 2.75) is 46.1 Å². The van der Waals surface area contributed by atoms with Gasteiger partial charge in [-0.25, -0.2) is 4.98 Å². The minimum Gasteiger partial charge on any atom is -0.378 e. The van der Waals surface area contributed by atoms with Crippen molar-refractivity contribution in [3.63, 3.8) is 0 Å². The van der Waals surface area contributed by atoms with Crippen LogP contribution in [0.1, 0.15) is 49.3 Å². The van der Waals surface area contributed by atoms with Crippen LogP contribution in [-0.2, 0) is 5.41 Å². The summed E-state index contributed by atoms with van der Waals surface area (Å²) in [6, 6.07) is 6.12. The number of anilines is 1. The average Bonchev–Trinajstić information content (AvgIpc) is 2.76. The van der Waals surface area contributed by atoms with Crippen LogP contribution >= 0.6 is 38.9 Å². The van der Waals surface area contributed by atoms with Crippen LogP contribution in [0.25, 0.3) is 0 Å². The smallest absolute Gasteiger partial charge is 0.0985 e. The second kappa shape index (κ2) is 6.27. The number of nitrogens with one attached hydrogen (secondary N) is 1. The highest BCUT2D eigenvalue weighted by Gasteiger charge is 2.22. The van der Waals surface area contributed by atoms with Crippen molar-refractivity contribution in [2.75, 3.05) is 5.32 Å². The molecule has 1 aromatic carbocycles. The van der Waals surface area contributed by atoms with Crippen molar-refractivity contribution < 1.29 is 0 Å². The molecule has 1 aromatic heterocycles. The van der Waals surface area contributed by atoms with Crippen LogP contribution in [0.15, 0.2) is 22.7 Å². The van der Waals surface area contributed by atoms with E-state index in [1.54, 1.807) is 11.3 Å². The molecule has 2 aromatic rings. The van der Waals surface area contributed by atoms with Crippen molar-refractivity contribution >= 4 is 44.6 Å². The standard InChI is InChI=1S/C16H20BrClN2S/c1-9(19-11-6-7-12(17)13(18)8-11)14-10(2)20-15(21-14)16(3,4)5/h6-9,19H,1-5H3. The van der Waals surface area contributed by atoms with Gasteiger partial charge in [-0.15, -0.1) is 11.3 Å². The van der Waals surface area contributed by atoms with Crippen molar-refractivity contribution in [3.8, 4) is 0 Å². The quantitative estimate of drug-likeness (QED) is 0.664. The van der Waals surface area contributed by atoms with Crippen LogP contribution in [0.5, 0.6) is 0 Å². The number of hydrogen-bond acceptors (Lipinski definition) is 3. The Bertz CT molecular complexity index is 646. The monoisotopic (exact) mass is 386 g/mol. The van der Waals surface area contributed by atoms with E-state index >= 15 is 0 Å². The van der Waals surface area contributed by atoms with E-state index in [-0.39, 0.29) is 11.5 Å². The van der Waals surface area contributed by atoms with Crippen LogP contribution in [0.2, 0.25) is 5.02 Å². The van der Waals surface area contributed by atoms with Crippen LogP contribution in [-0.4, -0.2) is 4.98 Å². The Morgan fingerprint density at radius 2 is 2.00 bits per heavy atom. The first-order valence-electron chi connectivity index (χ1n) is 6.88. The molecule has 21 heavy (non-hydrogen) atoms. The lowest BCUT2D eigenvalue weighted by Gasteiger charge is -2.16. The highest BCUT2D eigenvalue weighted by Crippen LogP contribution is 2.34. The van der Waals surface area contributed by atoms with Gasteiger partial charge >= 0.3 is 0 Å². The summed E-state index contributed by atoms with van der Waals surface area (Å²) in [6.07, 6.45) is 0. The fourth-order valence-electron chi connectivity index (χ4n) is 2.03. The number of halogens is 2. The molecular weight excluding hydrogens is 368 g/mol. The summed E-state index contributed by atoms with van der Waals surface area (Å²) in [7, 11) is 0. The van der Waals surface area contributed by atoms with Gasteiger partial charge in [0.1, 0.15) is 0 Å². The normalized spacial score (nSPS) is 13.3. The maximum absolute atomic E-state index is 6.14. The first kappa shape index (κ1) is 16.8. The SMILES string of the molecule is Cc1nc(C(C)(C)C)sc1C(C)Nc1ccc(Br)c(Cl)c1. The molecule has 0 saturated carbocycles. The Morgan fingerprint density at radius 3 is 2.52 bits per heavy atom. The number of aryl methyl sites for hydroxylation is 1.